The summed E-state index contributed by atoms with van der Waals surface area (Å²) in [6, 6.07) is 2.14. The number of rotatable bonds is 4. The first kappa shape index (κ1) is 13.5. The molecule has 18 heavy (non-hydrogen) atoms. The van der Waals surface area contributed by atoms with Gasteiger partial charge in [0.05, 0.1) is 6.54 Å². The van der Waals surface area contributed by atoms with E-state index >= 15 is 0 Å². The van der Waals surface area contributed by atoms with Crippen LogP contribution in [-0.2, 0) is 13.6 Å². The average molecular weight is 313 g/mol. The van der Waals surface area contributed by atoms with Gasteiger partial charge < -0.3 is 14.8 Å². The van der Waals surface area contributed by atoms with Crippen LogP contribution in [0.15, 0.2) is 21.7 Å². The molecule has 1 N–H and O–H groups in total. The topological polar surface area (TPSA) is 32.6 Å². The third-order valence-corrected chi connectivity index (χ3v) is 3.73. The standard InChI is InChI=1S/C13H21BrN4/c1-15-13(16-7-10-4-5-10)18(3)9-12-6-11(14)8-17(12)2/h6,8,10H,4-5,7,9H2,1-3H3,(H,15,16). The molecule has 0 aromatic carbocycles. The molecule has 0 bridgehead atoms. The second-order valence-electron chi connectivity index (χ2n) is 4.99. The Morgan fingerprint density at radius 1 is 1.61 bits per heavy atom. The predicted molar refractivity (Wildman–Crippen MR) is 78.7 cm³/mol. The van der Waals surface area contributed by atoms with Crippen LogP contribution in [0.5, 0.6) is 0 Å². The minimum atomic E-state index is 0.854. The second-order valence-corrected chi connectivity index (χ2v) is 5.90. The zero-order chi connectivity index (χ0) is 13.1. The molecule has 100 valence electrons. The number of aliphatic imine (C=N–C) groups is 1. The molecule has 0 unspecified atom stereocenters. The fourth-order valence-corrected chi connectivity index (χ4v) is 2.55. The van der Waals surface area contributed by atoms with Crippen LogP contribution in [0.4, 0.5) is 0 Å². The van der Waals surface area contributed by atoms with E-state index < -0.39 is 0 Å². The van der Waals surface area contributed by atoms with Crippen LogP contribution >= 0.6 is 15.9 Å². The van der Waals surface area contributed by atoms with Crippen molar-refractivity contribution >= 4 is 21.9 Å². The maximum Gasteiger partial charge on any atom is 0.193 e. The van der Waals surface area contributed by atoms with E-state index in [9.17, 15) is 0 Å². The molecule has 1 aliphatic carbocycles. The van der Waals surface area contributed by atoms with E-state index in [1.807, 2.05) is 7.05 Å². The summed E-state index contributed by atoms with van der Waals surface area (Å²) >= 11 is 3.50. The molecule has 0 aliphatic heterocycles. The van der Waals surface area contributed by atoms with Crippen LogP contribution in [0, 0.1) is 5.92 Å². The van der Waals surface area contributed by atoms with Gasteiger partial charge in [-0.05, 0) is 40.8 Å². The Labute approximate surface area is 117 Å². The first-order valence-corrected chi connectivity index (χ1v) is 7.12. The smallest absolute Gasteiger partial charge is 0.193 e. The van der Waals surface area contributed by atoms with E-state index in [1.165, 1.54) is 18.5 Å². The Hall–Kier alpha value is -0.970. The highest BCUT2D eigenvalue weighted by molar-refractivity contribution is 9.10. The lowest BCUT2D eigenvalue weighted by Gasteiger charge is -2.22. The molecular weight excluding hydrogens is 292 g/mol. The van der Waals surface area contributed by atoms with E-state index in [1.54, 1.807) is 0 Å². The minimum absolute atomic E-state index is 0.854. The minimum Gasteiger partial charge on any atom is -0.356 e. The zero-order valence-electron chi connectivity index (χ0n) is 11.3. The summed E-state index contributed by atoms with van der Waals surface area (Å²) in [6.07, 6.45) is 4.79. The Morgan fingerprint density at radius 3 is 2.83 bits per heavy atom. The van der Waals surface area contributed by atoms with Crippen LogP contribution in [0.3, 0.4) is 0 Å². The highest BCUT2D eigenvalue weighted by Crippen LogP contribution is 2.27. The van der Waals surface area contributed by atoms with E-state index in [0.717, 1.165) is 29.4 Å². The van der Waals surface area contributed by atoms with Crippen molar-refractivity contribution in [3.8, 4) is 0 Å². The van der Waals surface area contributed by atoms with Crippen molar-refractivity contribution in [2.24, 2.45) is 18.0 Å². The normalized spacial score (nSPS) is 15.9. The fourth-order valence-electron chi connectivity index (χ4n) is 1.98. The van der Waals surface area contributed by atoms with Crippen molar-refractivity contribution in [3.63, 3.8) is 0 Å². The maximum atomic E-state index is 4.33. The molecule has 1 aromatic rings. The van der Waals surface area contributed by atoms with E-state index in [0.29, 0.717) is 0 Å². The third kappa shape index (κ3) is 3.51. The average Bonchev–Trinajstić information content (AvgIpc) is 3.07. The van der Waals surface area contributed by atoms with Crippen LogP contribution < -0.4 is 5.32 Å². The molecule has 1 fully saturated rings. The number of aromatic nitrogens is 1. The number of hydrogen-bond donors (Lipinski definition) is 1. The van der Waals surface area contributed by atoms with Crippen molar-refractivity contribution in [1.29, 1.82) is 0 Å². The Morgan fingerprint density at radius 2 is 2.33 bits per heavy atom. The molecule has 2 rings (SSSR count). The molecule has 1 aliphatic rings. The molecular formula is C13H21BrN4. The van der Waals surface area contributed by atoms with Crippen molar-refractivity contribution in [1.82, 2.24) is 14.8 Å². The number of nitrogens with zero attached hydrogens (tertiary/aromatic N) is 3. The molecule has 5 heteroatoms. The highest BCUT2D eigenvalue weighted by Gasteiger charge is 2.21. The Balaban J connectivity index is 1.91. The highest BCUT2D eigenvalue weighted by atomic mass is 79.9. The summed E-state index contributed by atoms with van der Waals surface area (Å²) in [7, 11) is 5.98. The summed E-state index contributed by atoms with van der Waals surface area (Å²) in [5.74, 6) is 1.83. The third-order valence-electron chi connectivity index (χ3n) is 3.29. The quantitative estimate of drug-likeness (QED) is 0.683. The van der Waals surface area contributed by atoms with Gasteiger partial charge in [0.2, 0.25) is 0 Å². The first-order valence-electron chi connectivity index (χ1n) is 6.32. The van der Waals surface area contributed by atoms with Gasteiger partial charge in [0.1, 0.15) is 0 Å². The summed E-state index contributed by atoms with van der Waals surface area (Å²) in [5.41, 5.74) is 1.26. The lowest BCUT2D eigenvalue weighted by molar-refractivity contribution is 0.460. The molecule has 0 spiro atoms. The molecule has 1 saturated carbocycles. The summed E-state index contributed by atoms with van der Waals surface area (Å²) in [4.78, 5) is 6.49. The molecule has 0 amide bonds. The van der Waals surface area contributed by atoms with E-state index in [-0.39, 0.29) is 0 Å². The van der Waals surface area contributed by atoms with Crippen LogP contribution in [0.1, 0.15) is 18.5 Å². The lowest BCUT2D eigenvalue weighted by atomic mass is 10.4. The van der Waals surface area contributed by atoms with Gasteiger partial charge in [0, 0.05) is 44.1 Å². The van der Waals surface area contributed by atoms with Gasteiger partial charge in [0.15, 0.2) is 5.96 Å². The number of hydrogen-bond acceptors (Lipinski definition) is 1. The van der Waals surface area contributed by atoms with Gasteiger partial charge >= 0.3 is 0 Å². The molecule has 1 heterocycles. The first-order chi connectivity index (χ1) is 8.60. The molecule has 0 saturated heterocycles. The summed E-state index contributed by atoms with van der Waals surface area (Å²) < 4.78 is 3.25. The Kier molecular flexibility index (Phi) is 4.32. The molecule has 0 radical (unpaired) electrons. The monoisotopic (exact) mass is 312 g/mol. The number of guanidine groups is 1. The predicted octanol–water partition coefficient (Wildman–Crippen LogP) is 2.20. The van der Waals surface area contributed by atoms with Gasteiger partial charge in [-0.15, -0.1) is 0 Å². The van der Waals surface area contributed by atoms with Crippen molar-refractivity contribution < 1.29 is 0 Å². The molecule has 4 nitrogen and oxygen atoms in total. The fraction of sp³-hybridized carbons (Fsp3) is 0.615. The maximum absolute atomic E-state index is 4.33. The van der Waals surface area contributed by atoms with Crippen molar-refractivity contribution in [2.45, 2.75) is 19.4 Å². The van der Waals surface area contributed by atoms with Gasteiger partial charge in [0.25, 0.3) is 0 Å². The van der Waals surface area contributed by atoms with Crippen LogP contribution in [-0.4, -0.2) is 36.1 Å². The van der Waals surface area contributed by atoms with Crippen LogP contribution in [0.2, 0.25) is 0 Å². The SMILES string of the molecule is CN=C(NCC1CC1)N(C)Cc1cc(Br)cn1C. The van der Waals surface area contributed by atoms with Crippen molar-refractivity contribution in [3.05, 3.63) is 22.4 Å². The van der Waals surface area contributed by atoms with Gasteiger partial charge in [-0.3, -0.25) is 4.99 Å². The zero-order valence-corrected chi connectivity index (χ0v) is 12.9. The van der Waals surface area contributed by atoms with E-state index in [2.05, 4.69) is 62.1 Å². The molecule has 0 atom stereocenters. The number of halogens is 1. The van der Waals surface area contributed by atoms with Crippen LogP contribution in [0.25, 0.3) is 0 Å². The Bertz CT molecular complexity index is 434. The van der Waals surface area contributed by atoms with E-state index in [4.69, 9.17) is 0 Å². The number of nitrogens with one attached hydrogen (secondary N) is 1. The van der Waals surface area contributed by atoms with Gasteiger partial charge in [-0.25, -0.2) is 0 Å². The number of aryl methyl sites for hydroxylation is 1. The summed E-state index contributed by atoms with van der Waals surface area (Å²) in [6.45, 7) is 1.90. The van der Waals surface area contributed by atoms with Gasteiger partial charge in [-0.1, -0.05) is 0 Å². The van der Waals surface area contributed by atoms with Crippen molar-refractivity contribution in [2.75, 3.05) is 20.6 Å². The lowest BCUT2D eigenvalue weighted by Crippen LogP contribution is -2.39. The summed E-state index contributed by atoms with van der Waals surface area (Å²) in [5, 5.41) is 3.43. The van der Waals surface area contributed by atoms with Gasteiger partial charge in [-0.2, -0.15) is 0 Å². The largest absolute Gasteiger partial charge is 0.356 e. The second kappa shape index (κ2) is 5.78. The molecule has 1 aromatic heterocycles.